The molecule has 0 unspecified atom stereocenters. The van der Waals surface area contributed by atoms with Crippen LogP contribution < -0.4 is 5.32 Å². The molecule has 1 saturated carbocycles. The number of ether oxygens (including phenoxy) is 1. The fourth-order valence-corrected chi connectivity index (χ4v) is 1.90. The minimum Gasteiger partial charge on any atom is -0.381 e. The van der Waals surface area contributed by atoms with E-state index >= 15 is 0 Å². The molecule has 0 heterocycles. The number of nitrogens with one attached hydrogen (secondary N) is 1. The van der Waals surface area contributed by atoms with Gasteiger partial charge in [-0.2, -0.15) is 0 Å². The Morgan fingerprint density at radius 2 is 2.26 bits per heavy atom. The molecule has 0 atom stereocenters. The number of benzene rings is 1. The van der Waals surface area contributed by atoms with Gasteiger partial charge in [-0.15, -0.1) is 12.6 Å². The molecule has 1 fully saturated rings. The molecule has 0 radical (unpaired) electrons. The Labute approximate surface area is 117 Å². The second-order valence-electron chi connectivity index (χ2n) is 4.79. The number of carbonyl (C=O) groups excluding carboxylic acids is 1. The second kappa shape index (κ2) is 6.91. The van der Waals surface area contributed by atoms with Gasteiger partial charge >= 0.3 is 0 Å². The molecule has 0 spiro atoms. The minimum atomic E-state index is -0.528. The van der Waals surface area contributed by atoms with E-state index in [-0.39, 0.29) is 5.56 Å². The fraction of sp³-hybridized carbons (Fsp3) is 0.500. The van der Waals surface area contributed by atoms with E-state index in [0.29, 0.717) is 18.0 Å². The number of halogens is 1. The van der Waals surface area contributed by atoms with Gasteiger partial charge in [0.05, 0.1) is 5.56 Å². The first-order chi connectivity index (χ1) is 9.16. The Morgan fingerprint density at radius 1 is 1.47 bits per heavy atom. The summed E-state index contributed by atoms with van der Waals surface area (Å²) in [6.45, 7) is 1.94. The number of rotatable bonds is 7. The van der Waals surface area contributed by atoms with Gasteiger partial charge in [0.1, 0.15) is 5.82 Å². The van der Waals surface area contributed by atoms with Crippen molar-refractivity contribution in [3.8, 4) is 0 Å². The third kappa shape index (κ3) is 4.84. The van der Waals surface area contributed by atoms with Crippen molar-refractivity contribution in [2.24, 2.45) is 5.92 Å². The largest absolute Gasteiger partial charge is 0.381 e. The van der Waals surface area contributed by atoms with E-state index in [4.69, 9.17) is 4.74 Å². The topological polar surface area (TPSA) is 38.3 Å². The minimum absolute atomic E-state index is 0.0337. The van der Waals surface area contributed by atoms with Crippen molar-refractivity contribution in [1.29, 1.82) is 0 Å². The molecule has 1 aromatic carbocycles. The highest BCUT2D eigenvalue weighted by Crippen LogP contribution is 2.28. The first-order valence-electron chi connectivity index (χ1n) is 6.51. The molecule has 1 aliphatic rings. The van der Waals surface area contributed by atoms with Crippen LogP contribution in [0.3, 0.4) is 0 Å². The lowest BCUT2D eigenvalue weighted by atomic mass is 10.2. The summed E-state index contributed by atoms with van der Waals surface area (Å²) < 4.78 is 18.9. The summed E-state index contributed by atoms with van der Waals surface area (Å²) in [5.41, 5.74) is 0.0337. The summed E-state index contributed by atoms with van der Waals surface area (Å²) in [5.74, 6) is -0.183. The molecule has 0 bridgehead atoms. The summed E-state index contributed by atoms with van der Waals surface area (Å²) in [6.07, 6.45) is 3.28. The fourth-order valence-electron chi connectivity index (χ4n) is 1.69. The van der Waals surface area contributed by atoms with Crippen molar-refractivity contribution in [3.63, 3.8) is 0 Å². The SMILES string of the molecule is O=C(NCCCOCC1CC1)c1cc(S)ccc1F. The van der Waals surface area contributed by atoms with E-state index in [9.17, 15) is 9.18 Å². The average Bonchev–Trinajstić information content (AvgIpc) is 3.20. The third-order valence-electron chi connectivity index (χ3n) is 3.00. The van der Waals surface area contributed by atoms with E-state index in [0.717, 1.165) is 18.9 Å². The number of amides is 1. The van der Waals surface area contributed by atoms with Crippen LogP contribution in [0.25, 0.3) is 0 Å². The molecule has 104 valence electrons. The lowest BCUT2D eigenvalue weighted by Gasteiger charge is -2.07. The first-order valence-corrected chi connectivity index (χ1v) is 6.96. The smallest absolute Gasteiger partial charge is 0.254 e. The van der Waals surface area contributed by atoms with Crippen molar-refractivity contribution in [2.45, 2.75) is 24.2 Å². The summed E-state index contributed by atoms with van der Waals surface area (Å²) >= 11 is 4.09. The zero-order valence-electron chi connectivity index (χ0n) is 10.7. The van der Waals surface area contributed by atoms with Crippen LogP contribution in [-0.4, -0.2) is 25.7 Å². The van der Waals surface area contributed by atoms with Gasteiger partial charge in [0.2, 0.25) is 0 Å². The summed E-state index contributed by atoms with van der Waals surface area (Å²) in [5, 5.41) is 2.68. The monoisotopic (exact) mass is 283 g/mol. The van der Waals surface area contributed by atoms with Crippen LogP contribution in [0.4, 0.5) is 4.39 Å². The lowest BCUT2D eigenvalue weighted by molar-refractivity contribution is 0.0933. The van der Waals surface area contributed by atoms with Crippen molar-refractivity contribution >= 4 is 18.5 Å². The number of hydrogen-bond donors (Lipinski definition) is 2. The number of carbonyl (C=O) groups is 1. The number of thiol groups is 1. The van der Waals surface area contributed by atoms with Crippen molar-refractivity contribution in [3.05, 3.63) is 29.6 Å². The molecule has 0 saturated heterocycles. The highest BCUT2D eigenvalue weighted by molar-refractivity contribution is 7.80. The molecule has 1 amide bonds. The molecular weight excluding hydrogens is 265 g/mol. The van der Waals surface area contributed by atoms with Crippen LogP contribution in [0.1, 0.15) is 29.6 Å². The summed E-state index contributed by atoms with van der Waals surface area (Å²) in [7, 11) is 0. The maximum absolute atomic E-state index is 13.4. The highest BCUT2D eigenvalue weighted by atomic mass is 32.1. The zero-order chi connectivity index (χ0) is 13.7. The van der Waals surface area contributed by atoms with Gasteiger partial charge in [0.25, 0.3) is 5.91 Å². The Bertz CT molecular complexity index is 449. The predicted octanol–water partition coefficient (Wildman–Crippen LogP) is 2.66. The third-order valence-corrected chi connectivity index (χ3v) is 3.27. The lowest BCUT2D eigenvalue weighted by Crippen LogP contribution is -2.26. The molecule has 1 aromatic rings. The van der Waals surface area contributed by atoms with Crippen LogP contribution in [0.2, 0.25) is 0 Å². The molecule has 0 aliphatic heterocycles. The normalized spacial score (nSPS) is 14.4. The predicted molar refractivity (Wildman–Crippen MR) is 74.1 cm³/mol. The molecule has 5 heteroatoms. The second-order valence-corrected chi connectivity index (χ2v) is 5.31. The maximum Gasteiger partial charge on any atom is 0.254 e. The Morgan fingerprint density at radius 3 is 3.00 bits per heavy atom. The Kier molecular flexibility index (Phi) is 5.22. The Hall–Kier alpha value is -1.07. The van der Waals surface area contributed by atoms with Gasteiger partial charge in [0.15, 0.2) is 0 Å². The summed E-state index contributed by atoms with van der Waals surface area (Å²) in [6, 6.07) is 4.19. The van der Waals surface area contributed by atoms with Gasteiger partial charge in [-0.05, 0) is 43.4 Å². The van der Waals surface area contributed by atoms with Crippen LogP contribution in [0, 0.1) is 11.7 Å². The molecule has 2 rings (SSSR count). The average molecular weight is 283 g/mol. The van der Waals surface area contributed by atoms with E-state index in [1.54, 1.807) is 0 Å². The van der Waals surface area contributed by atoms with Crippen LogP contribution in [0.15, 0.2) is 23.1 Å². The van der Waals surface area contributed by atoms with E-state index in [2.05, 4.69) is 17.9 Å². The zero-order valence-corrected chi connectivity index (χ0v) is 11.6. The standard InChI is InChI=1S/C14H18FNO2S/c15-13-5-4-11(19)8-12(13)14(17)16-6-1-7-18-9-10-2-3-10/h4-5,8,10,19H,1-3,6-7,9H2,(H,16,17). The van der Waals surface area contributed by atoms with Gasteiger partial charge < -0.3 is 10.1 Å². The molecule has 0 aromatic heterocycles. The van der Waals surface area contributed by atoms with Crippen molar-refractivity contribution in [1.82, 2.24) is 5.32 Å². The van der Waals surface area contributed by atoms with Crippen molar-refractivity contribution in [2.75, 3.05) is 19.8 Å². The summed E-state index contributed by atoms with van der Waals surface area (Å²) in [4.78, 5) is 12.3. The molecule has 3 nitrogen and oxygen atoms in total. The molecule has 1 aliphatic carbocycles. The maximum atomic E-state index is 13.4. The highest BCUT2D eigenvalue weighted by Gasteiger charge is 2.20. The van der Waals surface area contributed by atoms with Gasteiger partial charge in [-0.3, -0.25) is 4.79 Å². The molecule has 1 N–H and O–H groups in total. The van der Waals surface area contributed by atoms with Gasteiger partial charge in [-0.25, -0.2) is 4.39 Å². The van der Waals surface area contributed by atoms with Gasteiger partial charge in [0, 0.05) is 24.7 Å². The van der Waals surface area contributed by atoms with Gasteiger partial charge in [-0.1, -0.05) is 0 Å². The van der Waals surface area contributed by atoms with Crippen LogP contribution in [-0.2, 0) is 4.74 Å². The Balaban J connectivity index is 1.66. The number of hydrogen-bond acceptors (Lipinski definition) is 3. The van der Waals surface area contributed by atoms with E-state index in [1.165, 1.54) is 31.0 Å². The van der Waals surface area contributed by atoms with Crippen molar-refractivity contribution < 1.29 is 13.9 Å². The quantitative estimate of drug-likeness (QED) is 0.596. The van der Waals surface area contributed by atoms with E-state index < -0.39 is 11.7 Å². The first kappa shape index (κ1) is 14.3. The molecular formula is C14H18FNO2S. The van der Waals surface area contributed by atoms with E-state index in [1.807, 2.05) is 0 Å². The van der Waals surface area contributed by atoms with Crippen LogP contribution >= 0.6 is 12.6 Å². The molecule has 19 heavy (non-hydrogen) atoms. The van der Waals surface area contributed by atoms with Crippen LogP contribution in [0.5, 0.6) is 0 Å².